The van der Waals surface area contributed by atoms with Crippen molar-refractivity contribution < 1.29 is 31.0 Å². The summed E-state index contributed by atoms with van der Waals surface area (Å²) in [5.41, 5.74) is 0.122. The van der Waals surface area contributed by atoms with Crippen molar-refractivity contribution in [2.75, 3.05) is 36.4 Å². The molecule has 8 nitrogen and oxygen atoms in total. The molecule has 1 aliphatic heterocycles. The first-order chi connectivity index (χ1) is 18.6. The summed E-state index contributed by atoms with van der Waals surface area (Å²) in [7, 11) is 0. The van der Waals surface area contributed by atoms with Crippen LogP contribution < -0.4 is 15.5 Å². The summed E-state index contributed by atoms with van der Waals surface area (Å²) < 4.78 is 46.0. The molecular formula is C27H26F2N4O4. The van der Waals surface area contributed by atoms with Gasteiger partial charge >= 0.3 is 6.09 Å². The normalized spacial score (nSPS) is 15.3. The van der Waals surface area contributed by atoms with Crippen LogP contribution in [0.25, 0.3) is 0 Å². The molecule has 3 aromatic carbocycles. The predicted molar refractivity (Wildman–Crippen MR) is 135 cm³/mol. The van der Waals surface area contributed by atoms with Crippen LogP contribution in [0.4, 0.5) is 25.0 Å². The highest BCUT2D eigenvalue weighted by Crippen LogP contribution is 2.28. The molecule has 10 heteroatoms. The maximum atomic E-state index is 14.3. The molecule has 1 fully saturated rings. The van der Waals surface area contributed by atoms with Crippen molar-refractivity contribution in [3.05, 3.63) is 95.6 Å². The van der Waals surface area contributed by atoms with Crippen LogP contribution >= 0.6 is 0 Å². The molecule has 0 bridgehead atoms. The van der Waals surface area contributed by atoms with Crippen LogP contribution in [-0.4, -0.2) is 60.1 Å². The van der Waals surface area contributed by atoms with Crippen LogP contribution in [0.1, 0.15) is 18.7 Å². The van der Waals surface area contributed by atoms with Gasteiger partial charge in [-0.25, -0.2) is 13.6 Å². The Balaban J connectivity index is 1.65. The molecule has 4 rings (SSSR count). The van der Waals surface area contributed by atoms with E-state index >= 15 is 0 Å². The van der Waals surface area contributed by atoms with E-state index < -0.39 is 42.0 Å². The van der Waals surface area contributed by atoms with Gasteiger partial charge < -0.3 is 25.5 Å². The van der Waals surface area contributed by atoms with Gasteiger partial charge in [0.2, 0.25) is 5.91 Å². The highest BCUT2D eigenvalue weighted by atomic mass is 19.1. The SMILES string of the molecule is [2H]C([2H])(c1ccccc1)C(NC(=O)c1ccccc1F)C(=O)Nc1cc(F)ccc1N1CCN(C(=O)O)CC1. The van der Waals surface area contributed by atoms with Crippen molar-refractivity contribution in [2.45, 2.75) is 12.4 Å². The average molecular weight is 511 g/mol. The standard InChI is InChI=1S/C27H26F2N4O4/c28-19-10-11-24(32-12-14-33(15-13-32)27(36)37)22(17-19)30-26(35)23(16-18-6-2-1-3-7-18)31-25(34)20-8-4-5-9-21(20)29/h1-11,17,23H,12-16H2,(H,30,35)(H,31,34)(H,36,37)/i16D2. The molecule has 3 aromatic rings. The third-order valence-electron chi connectivity index (χ3n) is 5.85. The molecule has 1 aliphatic rings. The monoisotopic (exact) mass is 510 g/mol. The third-order valence-corrected chi connectivity index (χ3v) is 5.85. The van der Waals surface area contributed by atoms with Gasteiger partial charge in [-0.1, -0.05) is 42.5 Å². The summed E-state index contributed by atoms with van der Waals surface area (Å²) in [6.07, 6.45) is -3.51. The van der Waals surface area contributed by atoms with Crippen LogP contribution in [0.15, 0.2) is 72.8 Å². The van der Waals surface area contributed by atoms with Crippen LogP contribution in [0, 0.1) is 11.6 Å². The van der Waals surface area contributed by atoms with Gasteiger partial charge in [0, 0.05) is 35.3 Å². The first kappa shape index (κ1) is 23.0. The Morgan fingerprint density at radius 2 is 1.62 bits per heavy atom. The fraction of sp³-hybridized carbons (Fsp3) is 0.222. The number of carboxylic acid groups (broad SMARTS) is 1. The lowest BCUT2D eigenvalue weighted by molar-refractivity contribution is -0.118. The van der Waals surface area contributed by atoms with Crippen LogP contribution in [-0.2, 0) is 11.2 Å². The lowest BCUT2D eigenvalue weighted by atomic mass is 10.0. The number of amides is 3. The van der Waals surface area contributed by atoms with E-state index in [1.807, 2.05) is 0 Å². The number of anilines is 2. The van der Waals surface area contributed by atoms with Crippen molar-refractivity contribution in [3.63, 3.8) is 0 Å². The molecule has 3 amide bonds. The number of nitrogens with one attached hydrogen (secondary N) is 2. The van der Waals surface area contributed by atoms with Crippen molar-refractivity contribution in [2.24, 2.45) is 0 Å². The van der Waals surface area contributed by atoms with Gasteiger partial charge in [-0.2, -0.15) is 0 Å². The molecule has 0 aromatic heterocycles. The summed E-state index contributed by atoms with van der Waals surface area (Å²) in [5.74, 6) is -3.51. The second kappa shape index (κ2) is 11.5. The highest BCUT2D eigenvalue weighted by molar-refractivity contribution is 6.02. The number of hydrogen-bond donors (Lipinski definition) is 3. The zero-order valence-corrected chi connectivity index (χ0v) is 19.7. The zero-order chi connectivity index (χ0) is 28.2. The third kappa shape index (κ3) is 6.40. The first-order valence-electron chi connectivity index (χ1n) is 12.5. The number of carbonyl (C=O) groups excluding carboxylic acids is 2. The molecule has 1 saturated heterocycles. The maximum Gasteiger partial charge on any atom is 0.407 e. The predicted octanol–water partition coefficient (Wildman–Crippen LogP) is 3.74. The van der Waals surface area contributed by atoms with Gasteiger partial charge in [0.25, 0.3) is 5.91 Å². The highest BCUT2D eigenvalue weighted by Gasteiger charge is 2.26. The summed E-state index contributed by atoms with van der Waals surface area (Å²) in [6, 6.07) is 14.6. The smallest absolute Gasteiger partial charge is 0.407 e. The number of halogens is 2. The molecule has 0 aliphatic carbocycles. The number of benzene rings is 3. The molecule has 1 heterocycles. The van der Waals surface area contributed by atoms with Crippen molar-refractivity contribution in [3.8, 4) is 0 Å². The van der Waals surface area contributed by atoms with E-state index in [1.54, 1.807) is 23.1 Å². The van der Waals surface area contributed by atoms with E-state index in [2.05, 4.69) is 10.6 Å². The fourth-order valence-electron chi connectivity index (χ4n) is 3.95. The number of rotatable bonds is 7. The van der Waals surface area contributed by atoms with Gasteiger partial charge in [-0.15, -0.1) is 0 Å². The minimum atomic E-state index is -2.45. The summed E-state index contributed by atoms with van der Waals surface area (Å²) in [5, 5.41) is 14.1. The van der Waals surface area contributed by atoms with Crippen LogP contribution in [0.3, 0.4) is 0 Å². The quantitative estimate of drug-likeness (QED) is 0.450. The minimum Gasteiger partial charge on any atom is -0.465 e. The summed E-state index contributed by atoms with van der Waals surface area (Å²) in [4.78, 5) is 40.8. The van der Waals surface area contributed by atoms with E-state index in [1.165, 1.54) is 47.4 Å². The largest absolute Gasteiger partial charge is 0.465 e. The van der Waals surface area contributed by atoms with Gasteiger partial charge in [0.15, 0.2) is 0 Å². The van der Waals surface area contributed by atoms with Gasteiger partial charge in [0.1, 0.15) is 17.7 Å². The average Bonchev–Trinajstić information content (AvgIpc) is 2.92. The molecule has 0 radical (unpaired) electrons. The van der Waals surface area contributed by atoms with E-state index in [9.17, 15) is 28.3 Å². The van der Waals surface area contributed by atoms with E-state index in [4.69, 9.17) is 2.74 Å². The van der Waals surface area contributed by atoms with Crippen molar-refractivity contribution in [1.29, 1.82) is 0 Å². The Hall–Kier alpha value is -4.47. The molecular weight excluding hydrogens is 482 g/mol. The number of hydrogen-bond acceptors (Lipinski definition) is 4. The van der Waals surface area contributed by atoms with Gasteiger partial charge in [0.05, 0.1) is 16.9 Å². The minimum absolute atomic E-state index is 0.0118. The lowest BCUT2D eigenvalue weighted by Crippen LogP contribution is -2.49. The van der Waals surface area contributed by atoms with Gasteiger partial charge in [-0.05, 0) is 35.9 Å². The second-order valence-corrected chi connectivity index (χ2v) is 8.30. The first-order valence-corrected chi connectivity index (χ1v) is 11.5. The lowest BCUT2D eigenvalue weighted by Gasteiger charge is -2.35. The Morgan fingerprint density at radius 3 is 2.30 bits per heavy atom. The fourth-order valence-corrected chi connectivity index (χ4v) is 3.95. The Labute approximate surface area is 215 Å². The molecule has 192 valence electrons. The van der Waals surface area contributed by atoms with E-state index in [-0.39, 0.29) is 43.0 Å². The summed E-state index contributed by atoms with van der Waals surface area (Å²) >= 11 is 0. The van der Waals surface area contributed by atoms with E-state index in [0.717, 1.165) is 12.1 Å². The van der Waals surface area contributed by atoms with Crippen LogP contribution in [0.2, 0.25) is 0 Å². The molecule has 0 spiro atoms. The van der Waals surface area contributed by atoms with Crippen molar-refractivity contribution in [1.82, 2.24) is 10.2 Å². The zero-order valence-electron chi connectivity index (χ0n) is 21.7. The van der Waals surface area contributed by atoms with Crippen molar-refractivity contribution >= 4 is 29.3 Å². The Bertz CT molecular complexity index is 1370. The number of piperazine rings is 1. The molecule has 3 N–H and O–H groups in total. The molecule has 0 saturated carbocycles. The van der Waals surface area contributed by atoms with Gasteiger partial charge in [-0.3, -0.25) is 9.59 Å². The molecule has 37 heavy (non-hydrogen) atoms. The topological polar surface area (TPSA) is 102 Å². The Kier molecular flexibility index (Phi) is 7.14. The number of nitrogens with zero attached hydrogens (tertiary/aromatic N) is 2. The summed E-state index contributed by atoms with van der Waals surface area (Å²) in [6.45, 7) is 0.939. The molecule has 1 atom stereocenters. The Morgan fingerprint density at radius 1 is 0.946 bits per heavy atom. The second-order valence-electron chi connectivity index (χ2n) is 8.30. The van der Waals surface area contributed by atoms with Crippen LogP contribution in [0.5, 0.6) is 0 Å². The maximum absolute atomic E-state index is 14.3. The number of carbonyl (C=O) groups is 3. The van der Waals surface area contributed by atoms with E-state index in [0.29, 0.717) is 5.69 Å². The molecule has 1 unspecified atom stereocenters.